The Hall–Kier alpha value is -1.84. The first-order valence-corrected chi connectivity index (χ1v) is 10.1. The number of aryl methyl sites for hydroxylation is 2. The van der Waals surface area contributed by atoms with Crippen LogP contribution in [0.15, 0.2) is 18.2 Å². The Morgan fingerprint density at radius 1 is 0.962 bits per heavy atom. The summed E-state index contributed by atoms with van der Waals surface area (Å²) < 4.78 is 0. The molecule has 2 amide bonds. The van der Waals surface area contributed by atoms with E-state index in [9.17, 15) is 9.59 Å². The number of anilines is 1. The second-order valence-corrected chi connectivity index (χ2v) is 7.63. The molecule has 1 aromatic carbocycles. The quantitative estimate of drug-likeness (QED) is 0.768. The predicted molar refractivity (Wildman–Crippen MR) is 107 cm³/mol. The van der Waals surface area contributed by atoms with Crippen molar-refractivity contribution >= 4 is 17.5 Å². The van der Waals surface area contributed by atoms with Gasteiger partial charge in [0.1, 0.15) is 0 Å². The number of nitrogens with zero attached hydrogens (tertiary/aromatic N) is 1. The number of rotatable bonds is 7. The van der Waals surface area contributed by atoms with Gasteiger partial charge in [0, 0.05) is 30.6 Å². The largest absolute Gasteiger partial charge is 0.342 e. The fraction of sp³-hybridized carbons (Fsp3) is 0.636. The standard InChI is InChI=1S/C22H34N2O2/c1-5-14-24(15-6-2)22(26)19-12-10-18(11-13-19)21(25)23-20-16(3)8-7-9-17(20)4/h7-9,18-19H,5-6,10-15H2,1-4H3,(H,23,25). The molecule has 4 nitrogen and oxygen atoms in total. The third-order valence-electron chi connectivity index (χ3n) is 5.48. The highest BCUT2D eigenvalue weighted by molar-refractivity contribution is 5.94. The van der Waals surface area contributed by atoms with Crippen molar-refractivity contribution in [2.75, 3.05) is 18.4 Å². The average molecular weight is 359 g/mol. The van der Waals surface area contributed by atoms with Crippen molar-refractivity contribution in [2.24, 2.45) is 11.8 Å². The lowest BCUT2D eigenvalue weighted by Crippen LogP contribution is -2.39. The van der Waals surface area contributed by atoms with E-state index in [2.05, 4.69) is 19.2 Å². The van der Waals surface area contributed by atoms with E-state index in [1.54, 1.807) is 0 Å². The molecule has 0 spiro atoms. The number of nitrogens with one attached hydrogen (secondary N) is 1. The number of para-hydroxylation sites is 1. The highest BCUT2D eigenvalue weighted by Crippen LogP contribution is 2.31. The molecule has 1 aromatic rings. The molecule has 4 heteroatoms. The van der Waals surface area contributed by atoms with Gasteiger partial charge in [-0.1, -0.05) is 32.0 Å². The molecule has 0 bridgehead atoms. The Bertz CT molecular complexity index is 592. The molecule has 0 heterocycles. The van der Waals surface area contributed by atoms with E-state index in [4.69, 9.17) is 0 Å². The zero-order valence-corrected chi connectivity index (χ0v) is 16.8. The summed E-state index contributed by atoms with van der Waals surface area (Å²) in [5.41, 5.74) is 3.13. The highest BCUT2D eigenvalue weighted by Gasteiger charge is 2.32. The van der Waals surface area contributed by atoms with Crippen LogP contribution in [0.3, 0.4) is 0 Å². The molecule has 2 rings (SSSR count). The SMILES string of the molecule is CCCN(CCC)C(=O)C1CCC(C(=O)Nc2c(C)cccc2C)CC1. The van der Waals surface area contributed by atoms with E-state index in [1.165, 1.54) is 0 Å². The highest BCUT2D eigenvalue weighted by atomic mass is 16.2. The van der Waals surface area contributed by atoms with E-state index in [1.807, 2.05) is 36.9 Å². The van der Waals surface area contributed by atoms with Crippen LogP contribution >= 0.6 is 0 Å². The Labute approximate surface area is 158 Å². The number of hydrogen-bond donors (Lipinski definition) is 1. The average Bonchev–Trinajstić information content (AvgIpc) is 2.64. The van der Waals surface area contributed by atoms with E-state index < -0.39 is 0 Å². The predicted octanol–water partition coefficient (Wildman–Crippen LogP) is 4.70. The summed E-state index contributed by atoms with van der Waals surface area (Å²) >= 11 is 0. The molecule has 1 aliphatic rings. The van der Waals surface area contributed by atoms with Crippen LogP contribution in [0.1, 0.15) is 63.5 Å². The first-order chi connectivity index (χ1) is 12.5. The second kappa shape index (κ2) is 9.75. The molecule has 1 fully saturated rings. The minimum Gasteiger partial charge on any atom is -0.342 e. The lowest BCUT2D eigenvalue weighted by molar-refractivity contribution is -0.138. The third kappa shape index (κ3) is 5.09. The minimum atomic E-state index is 0.0175. The zero-order valence-electron chi connectivity index (χ0n) is 16.8. The summed E-state index contributed by atoms with van der Waals surface area (Å²) in [4.78, 5) is 27.5. The van der Waals surface area contributed by atoms with Gasteiger partial charge in [0.15, 0.2) is 0 Å². The first kappa shape index (κ1) is 20.5. The minimum absolute atomic E-state index is 0.0175. The Balaban J connectivity index is 1.91. The second-order valence-electron chi connectivity index (χ2n) is 7.63. The third-order valence-corrected chi connectivity index (χ3v) is 5.48. The lowest BCUT2D eigenvalue weighted by Gasteiger charge is -2.31. The molecule has 26 heavy (non-hydrogen) atoms. The van der Waals surface area contributed by atoms with Crippen LogP contribution in [0.5, 0.6) is 0 Å². The first-order valence-electron chi connectivity index (χ1n) is 10.1. The van der Waals surface area contributed by atoms with E-state index >= 15 is 0 Å². The van der Waals surface area contributed by atoms with Crippen molar-refractivity contribution in [3.63, 3.8) is 0 Å². The Kier molecular flexibility index (Phi) is 7.67. The van der Waals surface area contributed by atoms with Gasteiger partial charge in [0.2, 0.25) is 11.8 Å². The van der Waals surface area contributed by atoms with E-state index in [0.29, 0.717) is 5.91 Å². The maximum atomic E-state index is 12.8. The van der Waals surface area contributed by atoms with Crippen molar-refractivity contribution in [3.05, 3.63) is 29.3 Å². The fourth-order valence-corrected chi connectivity index (χ4v) is 3.97. The summed E-state index contributed by atoms with van der Waals surface area (Å²) in [6, 6.07) is 6.05. The van der Waals surface area contributed by atoms with Crippen LogP contribution < -0.4 is 5.32 Å². The monoisotopic (exact) mass is 358 g/mol. The molecule has 0 saturated heterocycles. The number of hydrogen-bond acceptors (Lipinski definition) is 2. The molecule has 144 valence electrons. The molecular formula is C22H34N2O2. The summed E-state index contributed by atoms with van der Waals surface area (Å²) in [6.07, 6.45) is 5.26. The van der Waals surface area contributed by atoms with E-state index in [0.717, 1.165) is 68.4 Å². The van der Waals surface area contributed by atoms with E-state index in [-0.39, 0.29) is 17.7 Å². The maximum Gasteiger partial charge on any atom is 0.227 e. The number of benzene rings is 1. The number of amides is 2. The van der Waals surface area contributed by atoms with Crippen LogP contribution in [0, 0.1) is 25.7 Å². The van der Waals surface area contributed by atoms with Crippen LogP contribution in [0.2, 0.25) is 0 Å². The summed E-state index contributed by atoms with van der Waals surface area (Å²) in [5, 5.41) is 3.12. The Morgan fingerprint density at radius 2 is 1.46 bits per heavy atom. The summed E-state index contributed by atoms with van der Waals surface area (Å²) in [6.45, 7) is 9.97. The van der Waals surface area contributed by atoms with Crippen LogP contribution in [0.25, 0.3) is 0 Å². The fourth-order valence-electron chi connectivity index (χ4n) is 3.97. The molecule has 1 saturated carbocycles. The van der Waals surface area contributed by atoms with Gasteiger partial charge >= 0.3 is 0 Å². The summed E-state index contributed by atoms with van der Waals surface area (Å²) in [7, 11) is 0. The smallest absolute Gasteiger partial charge is 0.227 e. The Morgan fingerprint density at radius 3 is 1.96 bits per heavy atom. The van der Waals surface area contributed by atoms with Gasteiger partial charge in [-0.3, -0.25) is 9.59 Å². The van der Waals surface area contributed by atoms with Gasteiger partial charge in [-0.15, -0.1) is 0 Å². The normalized spacial score (nSPS) is 19.8. The molecule has 1 aliphatic carbocycles. The number of carbonyl (C=O) groups excluding carboxylic acids is 2. The van der Waals surface area contributed by atoms with Crippen LogP contribution in [-0.2, 0) is 9.59 Å². The summed E-state index contributed by atoms with van der Waals surface area (Å²) in [5.74, 6) is 0.510. The topological polar surface area (TPSA) is 49.4 Å². The van der Waals surface area contributed by atoms with Crippen molar-refractivity contribution in [2.45, 2.75) is 66.2 Å². The molecule has 0 unspecified atom stereocenters. The van der Waals surface area contributed by atoms with Crippen molar-refractivity contribution in [1.29, 1.82) is 0 Å². The molecule has 0 atom stereocenters. The maximum absolute atomic E-state index is 12.8. The van der Waals surface area contributed by atoms with Gasteiger partial charge in [-0.05, 0) is 63.5 Å². The van der Waals surface area contributed by atoms with Gasteiger partial charge in [-0.25, -0.2) is 0 Å². The van der Waals surface area contributed by atoms with Gasteiger partial charge in [0.05, 0.1) is 0 Å². The van der Waals surface area contributed by atoms with Crippen LogP contribution in [0.4, 0.5) is 5.69 Å². The molecule has 0 radical (unpaired) electrons. The molecule has 0 aromatic heterocycles. The van der Waals surface area contributed by atoms with Crippen LogP contribution in [-0.4, -0.2) is 29.8 Å². The molecular weight excluding hydrogens is 324 g/mol. The van der Waals surface area contributed by atoms with Gasteiger partial charge in [-0.2, -0.15) is 0 Å². The molecule has 0 aliphatic heterocycles. The van der Waals surface area contributed by atoms with Crippen molar-refractivity contribution < 1.29 is 9.59 Å². The lowest BCUT2D eigenvalue weighted by atomic mass is 9.80. The molecule has 1 N–H and O–H groups in total. The van der Waals surface area contributed by atoms with Gasteiger partial charge < -0.3 is 10.2 Å². The number of carbonyl (C=O) groups is 2. The van der Waals surface area contributed by atoms with Crippen molar-refractivity contribution in [1.82, 2.24) is 4.90 Å². The van der Waals surface area contributed by atoms with Crippen molar-refractivity contribution in [3.8, 4) is 0 Å². The zero-order chi connectivity index (χ0) is 19.1. The van der Waals surface area contributed by atoms with Gasteiger partial charge in [0.25, 0.3) is 0 Å².